The van der Waals surface area contributed by atoms with Gasteiger partial charge in [-0.25, -0.2) is 9.97 Å². The van der Waals surface area contributed by atoms with Crippen LogP contribution in [0.15, 0.2) is 36.7 Å². The number of halogens is 1. The van der Waals surface area contributed by atoms with Crippen LogP contribution in [0, 0.1) is 0 Å². The zero-order valence-electron chi connectivity index (χ0n) is 9.84. The molecule has 1 aromatic heterocycles. The van der Waals surface area contributed by atoms with E-state index in [1.165, 1.54) is 17.5 Å². The van der Waals surface area contributed by atoms with Crippen molar-refractivity contribution < 1.29 is 4.74 Å². The van der Waals surface area contributed by atoms with Gasteiger partial charge in [0.05, 0.1) is 0 Å². The maximum absolute atomic E-state index is 5.93. The van der Waals surface area contributed by atoms with Crippen LogP contribution in [0.4, 0.5) is 0 Å². The average molecular weight is 261 g/mol. The summed E-state index contributed by atoms with van der Waals surface area (Å²) in [5.41, 5.74) is 2.63. The van der Waals surface area contributed by atoms with Crippen LogP contribution in [0.2, 0.25) is 5.15 Å². The first-order valence-corrected chi connectivity index (χ1v) is 6.43. The van der Waals surface area contributed by atoms with Gasteiger partial charge >= 0.3 is 0 Å². The minimum Gasteiger partial charge on any atom is -0.469 e. The molecule has 1 aromatic carbocycles. The second kappa shape index (κ2) is 4.94. The Bertz CT molecular complexity index is 559. The van der Waals surface area contributed by atoms with Crippen molar-refractivity contribution in [2.45, 2.75) is 25.4 Å². The first kappa shape index (κ1) is 11.5. The highest BCUT2D eigenvalue weighted by molar-refractivity contribution is 6.29. The number of hydrogen-bond donors (Lipinski definition) is 0. The Morgan fingerprint density at radius 1 is 1.22 bits per heavy atom. The molecule has 0 radical (unpaired) electrons. The summed E-state index contributed by atoms with van der Waals surface area (Å²) >= 11 is 5.83. The first-order chi connectivity index (χ1) is 8.83. The molecule has 1 aliphatic rings. The predicted octanol–water partition coefficient (Wildman–Crippen LogP) is 3.59. The normalized spacial score (nSPS) is 18.2. The quantitative estimate of drug-likeness (QED) is 0.774. The van der Waals surface area contributed by atoms with E-state index < -0.39 is 0 Å². The summed E-state index contributed by atoms with van der Waals surface area (Å²) in [4.78, 5) is 7.94. The summed E-state index contributed by atoms with van der Waals surface area (Å²) in [6.07, 6.45) is 4.77. The van der Waals surface area contributed by atoms with E-state index in [0.29, 0.717) is 11.0 Å². The Kier molecular flexibility index (Phi) is 3.15. The topological polar surface area (TPSA) is 35.0 Å². The third kappa shape index (κ3) is 2.31. The lowest BCUT2D eigenvalue weighted by atomic mass is 9.89. The van der Waals surface area contributed by atoms with Gasteiger partial charge < -0.3 is 4.74 Å². The van der Waals surface area contributed by atoms with Gasteiger partial charge in [-0.05, 0) is 30.4 Å². The molecule has 0 bridgehead atoms. The van der Waals surface area contributed by atoms with E-state index in [0.717, 1.165) is 19.3 Å². The van der Waals surface area contributed by atoms with E-state index in [9.17, 15) is 0 Å². The van der Waals surface area contributed by atoms with Crippen molar-refractivity contribution in [3.8, 4) is 5.88 Å². The van der Waals surface area contributed by atoms with Gasteiger partial charge in [0.2, 0.25) is 5.88 Å². The van der Waals surface area contributed by atoms with E-state index in [1.54, 1.807) is 6.07 Å². The summed E-state index contributed by atoms with van der Waals surface area (Å²) in [5.74, 6) is 0.539. The molecule has 0 saturated heterocycles. The molecule has 0 fully saturated rings. The first-order valence-electron chi connectivity index (χ1n) is 6.05. The molecule has 1 atom stereocenters. The van der Waals surface area contributed by atoms with Gasteiger partial charge in [0.1, 0.15) is 17.6 Å². The molecule has 1 unspecified atom stereocenters. The highest BCUT2D eigenvalue weighted by Gasteiger charge is 2.21. The maximum Gasteiger partial charge on any atom is 0.218 e. The van der Waals surface area contributed by atoms with Crippen molar-refractivity contribution in [1.82, 2.24) is 9.97 Å². The van der Waals surface area contributed by atoms with Gasteiger partial charge in [-0.1, -0.05) is 35.9 Å². The molecule has 92 valence electrons. The number of hydrogen-bond acceptors (Lipinski definition) is 3. The maximum atomic E-state index is 5.93. The fourth-order valence-electron chi connectivity index (χ4n) is 2.36. The lowest BCUT2D eigenvalue weighted by Crippen LogP contribution is -2.15. The number of fused-ring (bicyclic) bond motifs is 1. The number of rotatable bonds is 2. The zero-order valence-corrected chi connectivity index (χ0v) is 10.6. The van der Waals surface area contributed by atoms with Gasteiger partial charge in [0.15, 0.2) is 0 Å². The van der Waals surface area contributed by atoms with Gasteiger partial charge in [0.25, 0.3) is 0 Å². The van der Waals surface area contributed by atoms with Crippen LogP contribution in [0.5, 0.6) is 5.88 Å². The predicted molar refractivity (Wildman–Crippen MR) is 69.8 cm³/mol. The van der Waals surface area contributed by atoms with Crippen molar-refractivity contribution in [2.75, 3.05) is 0 Å². The zero-order chi connectivity index (χ0) is 12.4. The SMILES string of the molecule is Clc1cc(OC2CCCc3ccccc32)ncn1. The van der Waals surface area contributed by atoms with E-state index in [4.69, 9.17) is 16.3 Å². The van der Waals surface area contributed by atoms with Crippen LogP contribution in [-0.4, -0.2) is 9.97 Å². The van der Waals surface area contributed by atoms with Crippen molar-refractivity contribution in [3.63, 3.8) is 0 Å². The summed E-state index contributed by atoms with van der Waals surface area (Å²) in [6, 6.07) is 10.1. The largest absolute Gasteiger partial charge is 0.469 e. The van der Waals surface area contributed by atoms with Crippen molar-refractivity contribution in [2.24, 2.45) is 0 Å². The standard InChI is InChI=1S/C14H13ClN2O/c15-13-8-14(17-9-16-13)18-12-7-3-5-10-4-1-2-6-11(10)12/h1-2,4,6,8-9,12H,3,5,7H2. The third-order valence-electron chi connectivity index (χ3n) is 3.19. The lowest BCUT2D eigenvalue weighted by molar-refractivity contribution is 0.175. The van der Waals surface area contributed by atoms with E-state index in [1.807, 2.05) is 6.07 Å². The Hall–Kier alpha value is -1.61. The molecule has 0 saturated carbocycles. The van der Waals surface area contributed by atoms with Gasteiger partial charge in [-0.15, -0.1) is 0 Å². The Morgan fingerprint density at radius 2 is 2.11 bits per heavy atom. The minimum atomic E-state index is 0.0703. The smallest absolute Gasteiger partial charge is 0.218 e. The molecule has 3 rings (SSSR count). The monoisotopic (exact) mass is 260 g/mol. The second-order valence-electron chi connectivity index (χ2n) is 4.38. The van der Waals surface area contributed by atoms with Gasteiger partial charge in [0, 0.05) is 6.07 Å². The van der Waals surface area contributed by atoms with Crippen LogP contribution < -0.4 is 4.74 Å². The molecule has 0 aliphatic heterocycles. The van der Waals surface area contributed by atoms with Crippen LogP contribution >= 0.6 is 11.6 Å². The van der Waals surface area contributed by atoms with Crippen LogP contribution in [0.25, 0.3) is 0 Å². The summed E-state index contributed by atoms with van der Waals surface area (Å²) in [5, 5.41) is 0.407. The van der Waals surface area contributed by atoms with Crippen LogP contribution in [-0.2, 0) is 6.42 Å². The highest BCUT2D eigenvalue weighted by atomic mass is 35.5. The molecule has 2 aromatic rings. The number of nitrogens with zero attached hydrogens (tertiary/aromatic N) is 2. The molecule has 0 spiro atoms. The Labute approximate surface area is 111 Å². The molecule has 18 heavy (non-hydrogen) atoms. The molecule has 3 nitrogen and oxygen atoms in total. The van der Waals surface area contributed by atoms with Crippen LogP contribution in [0.1, 0.15) is 30.1 Å². The van der Waals surface area contributed by atoms with Crippen molar-refractivity contribution >= 4 is 11.6 Å². The average Bonchev–Trinajstić information content (AvgIpc) is 2.39. The van der Waals surface area contributed by atoms with Crippen LogP contribution in [0.3, 0.4) is 0 Å². The number of ether oxygens (including phenoxy) is 1. The molecule has 0 amide bonds. The third-order valence-corrected chi connectivity index (χ3v) is 3.39. The summed E-state index contributed by atoms with van der Waals surface area (Å²) in [7, 11) is 0. The fraction of sp³-hybridized carbons (Fsp3) is 0.286. The molecule has 4 heteroatoms. The molecule has 0 N–H and O–H groups in total. The Morgan fingerprint density at radius 3 is 3.00 bits per heavy atom. The Balaban J connectivity index is 1.86. The van der Waals surface area contributed by atoms with Gasteiger partial charge in [-0.2, -0.15) is 0 Å². The van der Waals surface area contributed by atoms with Gasteiger partial charge in [-0.3, -0.25) is 0 Å². The van der Waals surface area contributed by atoms with E-state index >= 15 is 0 Å². The highest BCUT2D eigenvalue weighted by Crippen LogP contribution is 2.33. The minimum absolute atomic E-state index is 0.0703. The van der Waals surface area contributed by atoms with E-state index in [2.05, 4.69) is 28.2 Å². The summed E-state index contributed by atoms with van der Waals surface area (Å²) in [6.45, 7) is 0. The number of aryl methyl sites for hydroxylation is 1. The number of aromatic nitrogens is 2. The van der Waals surface area contributed by atoms with Crippen molar-refractivity contribution in [3.05, 3.63) is 52.9 Å². The second-order valence-corrected chi connectivity index (χ2v) is 4.76. The molecular formula is C14H13ClN2O. The summed E-state index contributed by atoms with van der Waals surface area (Å²) < 4.78 is 5.93. The lowest BCUT2D eigenvalue weighted by Gasteiger charge is -2.25. The molecular weight excluding hydrogens is 248 g/mol. The number of benzene rings is 1. The molecule has 1 aliphatic carbocycles. The van der Waals surface area contributed by atoms with Crippen molar-refractivity contribution in [1.29, 1.82) is 0 Å². The molecule has 1 heterocycles. The van der Waals surface area contributed by atoms with E-state index in [-0.39, 0.29) is 6.10 Å². The fourth-order valence-corrected chi connectivity index (χ4v) is 2.50.